The number of nitrogens with two attached hydrogens (primary N) is 1. The van der Waals surface area contributed by atoms with Crippen LogP contribution in [0.3, 0.4) is 0 Å². The summed E-state index contributed by atoms with van der Waals surface area (Å²) in [5, 5.41) is 6.60. The molecule has 0 rings (SSSR count). The first-order valence-corrected chi connectivity index (χ1v) is 3.48. The van der Waals surface area contributed by atoms with Crippen molar-refractivity contribution >= 4 is 6.21 Å². The molecule has 10 heavy (non-hydrogen) atoms. The lowest BCUT2D eigenvalue weighted by Gasteiger charge is -2.14. The fraction of sp³-hybridized carbons (Fsp3) is 0.857. The molecule has 0 amide bonds. The lowest BCUT2D eigenvalue weighted by molar-refractivity contribution is 0.331. The van der Waals surface area contributed by atoms with E-state index >= 15 is 0 Å². The van der Waals surface area contributed by atoms with E-state index in [9.17, 15) is 4.39 Å². The van der Waals surface area contributed by atoms with Crippen LogP contribution < -0.4 is 5.73 Å². The van der Waals surface area contributed by atoms with Gasteiger partial charge in [0.2, 0.25) is 0 Å². The fourth-order valence-corrected chi connectivity index (χ4v) is 0.798. The highest BCUT2D eigenvalue weighted by atomic mass is 19.1. The largest absolute Gasteiger partial charge is 0.325 e. The first-order chi connectivity index (χ1) is 4.57. The Morgan fingerprint density at radius 1 is 1.60 bits per heavy atom. The van der Waals surface area contributed by atoms with Crippen LogP contribution in [0, 0.1) is 11.3 Å². The van der Waals surface area contributed by atoms with Gasteiger partial charge in [0.1, 0.15) is 6.17 Å². The highest BCUT2D eigenvalue weighted by Gasteiger charge is 2.14. The van der Waals surface area contributed by atoms with Crippen molar-refractivity contribution in [1.29, 1.82) is 5.41 Å². The second kappa shape index (κ2) is 4.39. The summed E-state index contributed by atoms with van der Waals surface area (Å²) in [5.74, 6) is 0.396. The molecule has 0 aromatic carbocycles. The highest BCUT2D eigenvalue weighted by molar-refractivity contribution is 5.60. The van der Waals surface area contributed by atoms with E-state index in [1.165, 1.54) is 0 Å². The van der Waals surface area contributed by atoms with E-state index in [0.29, 0.717) is 12.3 Å². The monoisotopic (exact) mass is 146 g/mol. The van der Waals surface area contributed by atoms with Crippen molar-refractivity contribution in [2.45, 2.75) is 32.5 Å². The molecule has 0 aromatic rings. The van der Waals surface area contributed by atoms with Crippen LogP contribution in [0.5, 0.6) is 0 Å². The number of rotatable bonds is 4. The molecule has 1 unspecified atom stereocenters. The van der Waals surface area contributed by atoms with Gasteiger partial charge < -0.3 is 11.1 Å². The summed E-state index contributed by atoms with van der Waals surface area (Å²) >= 11 is 0. The molecular formula is C7H15FN2. The molecule has 2 atom stereocenters. The molecular weight excluding hydrogens is 131 g/mol. The third-order valence-electron chi connectivity index (χ3n) is 1.31. The molecule has 0 aliphatic carbocycles. The number of nitrogens with one attached hydrogen (secondary N) is 1. The van der Waals surface area contributed by atoms with Crippen LogP contribution in [0.25, 0.3) is 0 Å². The second-order valence-electron chi connectivity index (χ2n) is 2.90. The molecule has 0 fully saturated rings. The summed E-state index contributed by atoms with van der Waals surface area (Å²) in [6.45, 7) is 3.97. The first-order valence-electron chi connectivity index (χ1n) is 3.48. The van der Waals surface area contributed by atoms with Crippen molar-refractivity contribution in [3.63, 3.8) is 0 Å². The first kappa shape index (κ1) is 9.56. The fourth-order valence-electron chi connectivity index (χ4n) is 0.798. The second-order valence-corrected chi connectivity index (χ2v) is 2.90. The van der Waals surface area contributed by atoms with Crippen molar-refractivity contribution < 1.29 is 4.39 Å². The Kier molecular flexibility index (Phi) is 4.19. The van der Waals surface area contributed by atoms with Crippen molar-refractivity contribution in [2.24, 2.45) is 11.7 Å². The van der Waals surface area contributed by atoms with Crippen molar-refractivity contribution in [1.82, 2.24) is 0 Å². The number of hydrogen-bond donors (Lipinski definition) is 2. The molecule has 0 aliphatic heterocycles. The molecule has 0 bridgehead atoms. The van der Waals surface area contributed by atoms with Crippen LogP contribution in [0.2, 0.25) is 0 Å². The minimum absolute atomic E-state index is 0.396. The van der Waals surface area contributed by atoms with Crippen LogP contribution in [0.1, 0.15) is 20.3 Å². The molecule has 0 saturated heterocycles. The Morgan fingerprint density at radius 2 is 2.10 bits per heavy atom. The van der Waals surface area contributed by atoms with Gasteiger partial charge in [-0.1, -0.05) is 13.8 Å². The third-order valence-corrected chi connectivity index (χ3v) is 1.31. The van der Waals surface area contributed by atoms with E-state index in [-0.39, 0.29) is 0 Å². The van der Waals surface area contributed by atoms with Gasteiger partial charge in [-0.05, 0) is 12.3 Å². The standard InChI is InChI=1S/C7H15FN2/c1-5(2)3-7(10)6(8)4-9/h4-7,9H,3,10H2,1-2H3/t6?,7-/m0/s1. The Bertz CT molecular complexity index is 104. The van der Waals surface area contributed by atoms with Gasteiger partial charge in [-0.25, -0.2) is 4.39 Å². The third kappa shape index (κ3) is 3.56. The summed E-state index contributed by atoms with van der Waals surface area (Å²) in [7, 11) is 0. The average Bonchev–Trinajstić information content (AvgIpc) is 1.85. The molecule has 0 spiro atoms. The van der Waals surface area contributed by atoms with Gasteiger partial charge in [0.05, 0.1) is 0 Å². The predicted octanol–water partition coefficient (Wildman–Crippen LogP) is 1.35. The van der Waals surface area contributed by atoms with Crippen molar-refractivity contribution in [2.75, 3.05) is 0 Å². The Balaban J connectivity index is 3.60. The van der Waals surface area contributed by atoms with Gasteiger partial charge in [-0.2, -0.15) is 0 Å². The molecule has 2 nitrogen and oxygen atoms in total. The van der Waals surface area contributed by atoms with Gasteiger partial charge in [-0.3, -0.25) is 0 Å². The number of alkyl halides is 1. The normalized spacial score (nSPS) is 16.9. The van der Waals surface area contributed by atoms with Gasteiger partial charge >= 0.3 is 0 Å². The quantitative estimate of drug-likeness (QED) is 0.578. The Morgan fingerprint density at radius 3 is 2.40 bits per heavy atom. The van der Waals surface area contributed by atoms with E-state index in [1.54, 1.807) is 0 Å². The van der Waals surface area contributed by atoms with Gasteiger partial charge in [-0.15, -0.1) is 0 Å². The number of hydrogen-bond acceptors (Lipinski definition) is 2. The van der Waals surface area contributed by atoms with E-state index in [1.807, 2.05) is 13.8 Å². The lowest BCUT2D eigenvalue weighted by atomic mass is 10.0. The number of halogens is 1. The van der Waals surface area contributed by atoms with E-state index in [4.69, 9.17) is 11.1 Å². The van der Waals surface area contributed by atoms with Crippen molar-refractivity contribution in [3.8, 4) is 0 Å². The van der Waals surface area contributed by atoms with Crippen LogP contribution in [-0.4, -0.2) is 18.4 Å². The zero-order valence-electron chi connectivity index (χ0n) is 6.47. The summed E-state index contributed by atoms with van der Waals surface area (Å²) in [4.78, 5) is 0. The molecule has 0 aliphatic rings. The van der Waals surface area contributed by atoms with Crippen LogP contribution in [-0.2, 0) is 0 Å². The summed E-state index contributed by atoms with van der Waals surface area (Å²) < 4.78 is 12.5. The van der Waals surface area contributed by atoms with Gasteiger partial charge in [0, 0.05) is 12.3 Å². The molecule has 0 aromatic heterocycles. The topological polar surface area (TPSA) is 49.9 Å². The predicted molar refractivity (Wildman–Crippen MR) is 41.1 cm³/mol. The minimum Gasteiger partial charge on any atom is -0.325 e. The van der Waals surface area contributed by atoms with Gasteiger partial charge in [0.25, 0.3) is 0 Å². The van der Waals surface area contributed by atoms with E-state index < -0.39 is 12.2 Å². The summed E-state index contributed by atoms with van der Waals surface area (Å²) in [6.07, 6.45) is 0.117. The van der Waals surface area contributed by atoms with E-state index in [0.717, 1.165) is 6.21 Å². The maximum Gasteiger partial charge on any atom is 0.149 e. The SMILES string of the molecule is CC(C)C[C@H](N)C(F)C=N. The summed E-state index contributed by atoms with van der Waals surface area (Å²) in [6, 6.07) is -0.502. The molecule has 0 saturated carbocycles. The Labute approximate surface area is 61.1 Å². The maximum absolute atomic E-state index is 12.5. The highest BCUT2D eigenvalue weighted by Crippen LogP contribution is 2.06. The maximum atomic E-state index is 12.5. The zero-order chi connectivity index (χ0) is 8.15. The van der Waals surface area contributed by atoms with Gasteiger partial charge in [0.15, 0.2) is 0 Å². The van der Waals surface area contributed by atoms with Crippen LogP contribution in [0.15, 0.2) is 0 Å². The van der Waals surface area contributed by atoms with Crippen LogP contribution in [0.4, 0.5) is 4.39 Å². The van der Waals surface area contributed by atoms with Crippen molar-refractivity contribution in [3.05, 3.63) is 0 Å². The lowest BCUT2D eigenvalue weighted by Crippen LogP contribution is -2.33. The van der Waals surface area contributed by atoms with E-state index in [2.05, 4.69) is 0 Å². The van der Waals surface area contributed by atoms with Crippen LogP contribution >= 0.6 is 0 Å². The Hall–Kier alpha value is -0.440. The zero-order valence-corrected chi connectivity index (χ0v) is 6.47. The smallest absolute Gasteiger partial charge is 0.149 e. The molecule has 0 radical (unpaired) electrons. The molecule has 0 heterocycles. The molecule has 3 heteroatoms. The summed E-state index contributed by atoms with van der Waals surface area (Å²) in [5.41, 5.74) is 5.40. The molecule has 3 N–H and O–H groups in total. The minimum atomic E-state index is -1.28. The molecule has 60 valence electrons. The average molecular weight is 146 g/mol.